The second-order valence-corrected chi connectivity index (χ2v) is 8.53. The molecule has 2 heterocycles. The van der Waals surface area contributed by atoms with Gasteiger partial charge in [0, 0.05) is 17.0 Å². The van der Waals surface area contributed by atoms with E-state index < -0.39 is 27.1 Å². The van der Waals surface area contributed by atoms with Crippen molar-refractivity contribution >= 4 is 27.0 Å². The molecular formula is C17H16N2O6S2. The Morgan fingerprint density at radius 1 is 1.30 bits per heavy atom. The van der Waals surface area contributed by atoms with Gasteiger partial charge in [0.1, 0.15) is 5.76 Å². The van der Waals surface area contributed by atoms with E-state index in [2.05, 4.69) is 4.72 Å². The van der Waals surface area contributed by atoms with E-state index in [0.29, 0.717) is 10.4 Å². The van der Waals surface area contributed by atoms with E-state index in [9.17, 15) is 23.6 Å². The summed E-state index contributed by atoms with van der Waals surface area (Å²) in [6.07, 6.45) is 1.38. The Hall–Kier alpha value is -2.53. The standard InChI is InChI=1S/C17H16N2O6S2/c1-12-6-7-13(19(21)22)10-14(12)27(23,24)18-11-17(20,15-4-2-8-25-15)16-5-3-9-26-16/h2-10,18,20H,11H2,1H3. The maximum atomic E-state index is 12.7. The summed E-state index contributed by atoms with van der Waals surface area (Å²) in [6, 6.07) is 10.1. The largest absolute Gasteiger partial charge is 0.466 e. The lowest BCUT2D eigenvalue weighted by molar-refractivity contribution is -0.385. The van der Waals surface area contributed by atoms with E-state index in [4.69, 9.17) is 4.42 Å². The Kier molecular flexibility index (Phi) is 5.16. The minimum Gasteiger partial charge on any atom is -0.466 e. The molecule has 0 radical (unpaired) electrons. The summed E-state index contributed by atoms with van der Waals surface area (Å²) in [5.74, 6) is 0.184. The number of aryl methyl sites for hydroxylation is 1. The third-order valence-electron chi connectivity index (χ3n) is 4.05. The quantitative estimate of drug-likeness (QED) is 0.458. The van der Waals surface area contributed by atoms with Crippen molar-refractivity contribution in [1.29, 1.82) is 0 Å². The highest BCUT2D eigenvalue weighted by Gasteiger charge is 2.37. The Bertz CT molecular complexity index is 1010. The molecule has 2 aromatic heterocycles. The molecule has 3 aromatic rings. The molecule has 8 nitrogen and oxygen atoms in total. The smallest absolute Gasteiger partial charge is 0.270 e. The maximum absolute atomic E-state index is 12.7. The van der Waals surface area contributed by atoms with Gasteiger partial charge in [0.2, 0.25) is 10.0 Å². The number of hydrogen-bond donors (Lipinski definition) is 2. The summed E-state index contributed by atoms with van der Waals surface area (Å²) in [4.78, 5) is 10.6. The predicted octanol–water partition coefficient (Wildman–Crippen LogP) is 2.77. The van der Waals surface area contributed by atoms with Gasteiger partial charge >= 0.3 is 0 Å². The van der Waals surface area contributed by atoms with Crippen LogP contribution < -0.4 is 4.72 Å². The average Bonchev–Trinajstić information content (AvgIpc) is 3.33. The Morgan fingerprint density at radius 2 is 2.07 bits per heavy atom. The number of rotatable bonds is 7. The van der Waals surface area contributed by atoms with Crippen LogP contribution in [-0.4, -0.2) is 25.0 Å². The fourth-order valence-electron chi connectivity index (χ4n) is 2.59. The average molecular weight is 408 g/mol. The molecule has 0 aliphatic heterocycles. The number of hydrogen-bond acceptors (Lipinski definition) is 7. The summed E-state index contributed by atoms with van der Waals surface area (Å²) >= 11 is 1.25. The molecule has 1 atom stereocenters. The molecule has 0 fully saturated rings. The third kappa shape index (κ3) is 3.78. The van der Waals surface area contributed by atoms with Crippen molar-refractivity contribution in [2.75, 3.05) is 6.54 Å². The van der Waals surface area contributed by atoms with Crippen molar-refractivity contribution in [2.45, 2.75) is 17.4 Å². The second-order valence-electron chi connectivity index (χ2n) is 5.85. The van der Waals surface area contributed by atoms with E-state index in [1.165, 1.54) is 36.7 Å². The molecule has 1 unspecified atom stereocenters. The number of nitrogens with zero attached hydrogens (tertiary/aromatic N) is 1. The molecule has 0 aliphatic rings. The van der Waals surface area contributed by atoms with Gasteiger partial charge in [-0.25, -0.2) is 13.1 Å². The van der Waals surface area contributed by atoms with Crippen LogP contribution >= 0.6 is 11.3 Å². The number of thiophene rings is 1. The van der Waals surface area contributed by atoms with E-state index in [1.807, 2.05) is 0 Å². The molecule has 0 bridgehead atoms. The van der Waals surface area contributed by atoms with Crippen LogP contribution in [0.5, 0.6) is 0 Å². The maximum Gasteiger partial charge on any atom is 0.270 e. The highest BCUT2D eigenvalue weighted by Crippen LogP contribution is 2.33. The van der Waals surface area contributed by atoms with E-state index in [1.54, 1.807) is 29.6 Å². The molecule has 27 heavy (non-hydrogen) atoms. The van der Waals surface area contributed by atoms with Gasteiger partial charge in [-0.3, -0.25) is 10.1 Å². The van der Waals surface area contributed by atoms with Crippen molar-refractivity contribution in [3.05, 3.63) is 80.4 Å². The summed E-state index contributed by atoms with van der Waals surface area (Å²) in [5, 5.41) is 23.8. The number of aliphatic hydroxyl groups is 1. The Balaban J connectivity index is 1.94. The zero-order chi connectivity index (χ0) is 19.7. The normalized spacial score (nSPS) is 14.0. The predicted molar refractivity (Wildman–Crippen MR) is 99.0 cm³/mol. The van der Waals surface area contributed by atoms with E-state index >= 15 is 0 Å². The lowest BCUT2D eigenvalue weighted by Gasteiger charge is -2.25. The van der Waals surface area contributed by atoms with Crippen molar-refractivity contribution in [3.8, 4) is 0 Å². The number of nitro benzene ring substituents is 1. The fraction of sp³-hybridized carbons (Fsp3) is 0.176. The fourth-order valence-corrected chi connectivity index (χ4v) is 4.74. The van der Waals surface area contributed by atoms with Crippen LogP contribution in [-0.2, 0) is 15.6 Å². The second kappa shape index (κ2) is 7.24. The first-order chi connectivity index (χ1) is 12.7. The number of benzene rings is 1. The topological polar surface area (TPSA) is 123 Å². The zero-order valence-corrected chi connectivity index (χ0v) is 15.8. The molecule has 2 N–H and O–H groups in total. The number of nitro groups is 1. The van der Waals surface area contributed by atoms with Crippen molar-refractivity contribution in [3.63, 3.8) is 0 Å². The van der Waals surface area contributed by atoms with Crippen LogP contribution in [0.1, 0.15) is 16.2 Å². The van der Waals surface area contributed by atoms with Crippen molar-refractivity contribution in [1.82, 2.24) is 4.72 Å². The number of furan rings is 1. The van der Waals surface area contributed by atoms with Crippen LogP contribution in [0, 0.1) is 17.0 Å². The summed E-state index contributed by atoms with van der Waals surface area (Å²) in [7, 11) is -4.11. The number of non-ortho nitro benzene ring substituents is 1. The lowest BCUT2D eigenvalue weighted by Crippen LogP contribution is -2.41. The molecule has 142 valence electrons. The van der Waals surface area contributed by atoms with Gasteiger partial charge in [-0.05, 0) is 36.1 Å². The van der Waals surface area contributed by atoms with Crippen LogP contribution in [0.3, 0.4) is 0 Å². The molecule has 10 heteroatoms. The van der Waals surface area contributed by atoms with Gasteiger partial charge in [0.05, 0.1) is 22.6 Å². The molecule has 3 rings (SSSR count). The summed E-state index contributed by atoms with van der Waals surface area (Å²) in [6.45, 7) is 1.14. The monoisotopic (exact) mass is 408 g/mol. The first-order valence-electron chi connectivity index (χ1n) is 7.79. The lowest BCUT2D eigenvalue weighted by atomic mass is 9.99. The SMILES string of the molecule is Cc1ccc([N+](=O)[O-])cc1S(=O)(=O)NCC(O)(c1ccco1)c1cccs1. The van der Waals surface area contributed by atoms with Crippen LogP contribution in [0.25, 0.3) is 0 Å². The Morgan fingerprint density at radius 3 is 2.67 bits per heavy atom. The van der Waals surface area contributed by atoms with E-state index in [0.717, 1.165) is 6.07 Å². The molecule has 1 aromatic carbocycles. The van der Waals surface area contributed by atoms with Crippen LogP contribution in [0.4, 0.5) is 5.69 Å². The summed E-state index contributed by atoms with van der Waals surface area (Å²) < 4.78 is 33.1. The van der Waals surface area contributed by atoms with Crippen molar-refractivity contribution < 1.29 is 22.9 Å². The summed E-state index contributed by atoms with van der Waals surface area (Å²) in [5.41, 5.74) is -1.69. The highest BCUT2D eigenvalue weighted by molar-refractivity contribution is 7.89. The van der Waals surface area contributed by atoms with E-state index in [-0.39, 0.29) is 16.3 Å². The van der Waals surface area contributed by atoms with Gasteiger partial charge in [0.25, 0.3) is 5.69 Å². The van der Waals surface area contributed by atoms with Crippen LogP contribution in [0.2, 0.25) is 0 Å². The third-order valence-corrected chi connectivity index (χ3v) is 6.61. The number of nitrogens with one attached hydrogen (secondary N) is 1. The minimum atomic E-state index is -4.11. The molecular weight excluding hydrogens is 392 g/mol. The first-order valence-corrected chi connectivity index (χ1v) is 10.2. The molecule has 0 saturated carbocycles. The van der Waals surface area contributed by atoms with Gasteiger partial charge in [-0.2, -0.15) is 0 Å². The molecule has 0 spiro atoms. The zero-order valence-electron chi connectivity index (χ0n) is 14.2. The van der Waals surface area contributed by atoms with Gasteiger partial charge in [0.15, 0.2) is 5.60 Å². The van der Waals surface area contributed by atoms with Crippen LogP contribution in [0.15, 0.2) is 63.4 Å². The van der Waals surface area contributed by atoms with Crippen molar-refractivity contribution in [2.24, 2.45) is 0 Å². The van der Waals surface area contributed by atoms with Gasteiger partial charge in [-0.1, -0.05) is 12.1 Å². The first kappa shape index (κ1) is 19.2. The molecule has 0 aliphatic carbocycles. The molecule has 0 saturated heterocycles. The van der Waals surface area contributed by atoms with Gasteiger partial charge in [-0.15, -0.1) is 11.3 Å². The minimum absolute atomic E-state index is 0.184. The highest BCUT2D eigenvalue weighted by atomic mass is 32.2. The molecule has 0 amide bonds. The number of sulfonamides is 1. The van der Waals surface area contributed by atoms with Gasteiger partial charge < -0.3 is 9.52 Å². The Labute approximate surface area is 159 Å².